The van der Waals surface area contributed by atoms with Crippen LogP contribution in [0.15, 0.2) is 12.4 Å². The van der Waals surface area contributed by atoms with Crippen LogP contribution in [0.5, 0.6) is 0 Å². The van der Waals surface area contributed by atoms with Gasteiger partial charge < -0.3 is 10.0 Å². The second-order valence-electron chi connectivity index (χ2n) is 4.88. The van der Waals surface area contributed by atoms with Gasteiger partial charge in [0.15, 0.2) is 0 Å². The maximum Gasteiger partial charge on any atom is 0.147 e. The summed E-state index contributed by atoms with van der Waals surface area (Å²) in [6.07, 6.45) is 7.61. The van der Waals surface area contributed by atoms with Gasteiger partial charge in [0.2, 0.25) is 0 Å². The lowest BCUT2D eigenvalue weighted by molar-refractivity contribution is 0.276. The zero-order valence-corrected chi connectivity index (χ0v) is 9.34. The molecule has 0 spiro atoms. The zero-order chi connectivity index (χ0) is 11.0. The molecule has 2 unspecified atom stereocenters. The average Bonchev–Trinajstić information content (AvgIpc) is 2.89. The second-order valence-corrected chi connectivity index (χ2v) is 4.88. The minimum Gasteiger partial charge on any atom is -0.390 e. The Balaban J connectivity index is 1.73. The van der Waals surface area contributed by atoms with Crippen molar-refractivity contribution in [3.63, 3.8) is 0 Å². The van der Waals surface area contributed by atoms with Gasteiger partial charge in [0.05, 0.1) is 24.7 Å². The topological polar surface area (TPSA) is 49.3 Å². The second kappa shape index (κ2) is 4.01. The molecule has 1 N–H and O–H groups in total. The molecule has 0 amide bonds. The van der Waals surface area contributed by atoms with E-state index < -0.39 is 0 Å². The molecule has 2 atom stereocenters. The number of aliphatic hydroxyl groups excluding tert-OH is 1. The molecule has 1 saturated heterocycles. The summed E-state index contributed by atoms with van der Waals surface area (Å²) in [5.41, 5.74) is 0.642. The van der Waals surface area contributed by atoms with E-state index in [1.807, 2.05) is 0 Å². The van der Waals surface area contributed by atoms with Gasteiger partial charge in [0.25, 0.3) is 0 Å². The van der Waals surface area contributed by atoms with Crippen molar-refractivity contribution >= 4 is 5.82 Å². The molecule has 0 radical (unpaired) electrons. The Bertz CT molecular complexity index is 353. The molecular weight excluding hydrogens is 202 g/mol. The van der Waals surface area contributed by atoms with Crippen molar-refractivity contribution in [2.24, 2.45) is 11.8 Å². The van der Waals surface area contributed by atoms with Crippen molar-refractivity contribution in [3.05, 3.63) is 18.1 Å². The first-order valence-corrected chi connectivity index (χ1v) is 6.03. The molecule has 3 rings (SSSR count). The van der Waals surface area contributed by atoms with Crippen molar-refractivity contribution in [1.82, 2.24) is 9.97 Å². The third-order valence-corrected chi connectivity index (χ3v) is 3.90. The van der Waals surface area contributed by atoms with E-state index >= 15 is 0 Å². The molecule has 1 aromatic heterocycles. The number of rotatable bonds is 2. The van der Waals surface area contributed by atoms with Gasteiger partial charge in [-0.25, -0.2) is 4.98 Å². The van der Waals surface area contributed by atoms with E-state index in [1.165, 1.54) is 19.3 Å². The lowest BCUT2D eigenvalue weighted by atomic mass is 10.0. The highest BCUT2D eigenvalue weighted by molar-refractivity contribution is 5.38. The number of fused-ring (bicyclic) bond motifs is 1. The van der Waals surface area contributed by atoms with Gasteiger partial charge in [-0.05, 0) is 24.7 Å². The normalized spacial score (nSPS) is 28.4. The molecule has 4 nitrogen and oxygen atoms in total. The first-order chi connectivity index (χ1) is 7.86. The summed E-state index contributed by atoms with van der Waals surface area (Å²) in [6, 6.07) is 0. The van der Waals surface area contributed by atoms with Crippen LogP contribution in [0.25, 0.3) is 0 Å². The van der Waals surface area contributed by atoms with Gasteiger partial charge >= 0.3 is 0 Å². The van der Waals surface area contributed by atoms with Crippen LogP contribution in [0.3, 0.4) is 0 Å². The maximum absolute atomic E-state index is 8.91. The van der Waals surface area contributed by atoms with Crippen LogP contribution in [0, 0.1) is 11.8 Å². The van der Waals surface area contributed by atoms with Crippen molar-refractivity contribution in [1.29, 1.82) is 0 Å². The summed E-state index contributed by atoms with van der Waals surface area (Å²) >= 11 is 0. The third kappa shape index (κ3) is 1.67. The maximum atomic E-state index is 8.91. The Morgan fingerprint density at radius 1 is 1.19 bits per heavy atom. The summed E-state index contributed by atoms with van der Waals surface area (Å²) in [5, 5.41) is 8.91. The lowest BCUT2D eigenvalue weighted by Crippen LogP contribution is -2.22. The van der Waals surface area contributed by atoms with Crippen LogP contribution in [-0.4, -0.2) is 28.2 Å². The number of nitrogens with zero attached hydrogens (tertiary/aromatic N) is 3. The van der Waals surface area contributed by atoms with Gasteiger partial charge in [0, 0.05) is 13.1 Å². The Kier molecular flexibility index (Phi) is 2.52. The van der Waals surface area contributed by atoms with Crippen LogP contribution in [0.4, 0.5) is 5.82 Å². The van der Waals surface area contributed by atoms with E-state index in [-0.39, 0.29) is 6.61 Å². The van der Waals surface area contributed by atoms with Crippen LogP contribution in [0.1, 0.15) is 25.0 Å². The standard InChI is InChI=1S/C12H17N3O/c16-8-11-4-14-12(5-13-11)15-6-9-2-1-3-10(9)7-15/h4-5,9-10,16H,1-3,6-8H2. The highest BCUT2D eigenvalue weighted by Gasteiger charge is 2.36. The minimum atomic E-state index is -0.0292. The molecule has 2 heterocycles. The molecule has 1 aromatic rings. The summed E-state index contributed by atoms with van der Waals surface area (Å²) < 4.78 is 0. The number of aromatic nitrogens is 2. The fourth-order valence-corrected chi connectivity index (χ4v) is 3.02. The molecule has 2 fully saturated rings. The molecule has 0 bridgehead atoms. The summed E-state index contributed by atoms with van der Waals surface area (Å²) in [7, 11) is 0. The Labute approximate surface area is 95.3 Å². The van der Waals surface area contributed by atoms with Crippen LogP contribution in [0.2, 0.25) is 0 Å². The third-order valence-electron chi connectivity index (χ3n) is 3.90. The molecule has 86 valence electrons. The first kappa shape index (κ1) is 10.0. The molecule has 1 aliphatic carbocycles. The van der Waals surface area contributed by atoms with Crippen molar-refractivity contribution in [2.45, 2.75) is 25.9 Å². The highest BCUT2D eigenvalue weighted by atomic mass is 16.3. The largest absolute Gasteiger partial charge is 0.390 e. The van der Waals surface area contributed by atoms with E-state index in [0.717, 1.165) is 30.7 Å². The molecule has 1 saturated carbocycles. The average molecular weight is 219 g/mol. The Hall–Kier alpha value is -1.16. The van der Waals surface area contributed by atoms with Crippen LogP contribution < -0.4 is 4.90 Å². The van der Waals surface area contributed by atoms with Gasteiger partial charge in [-0.2, -0.15) is 0 Å². The molecule has 4 heteroatoms. The van der Waals surface area contributed by atoms with E-state index in [2.05, 4.69) is 14.9 Å². The summed E-state index contributed by atoms with van der Waals surface area (Å²) in [4.78, 5) is 10.9. The lowest BCUT2D eigenvalue weighted by Gasteiger charge is -2.17. The predicted molar refractivity (Wildman–Crippen MR) is 61.0 cm³/mol. The van der Waals surface area contributed by atoms with Gasteiger partial charge in [-0.3, -0.25) is 4.98 Å². The molecular formula is C12H17N3O. The molecule has 16 heavy (non-hydrogen) atoms. The van der Waals surface area contributed by atoms with Crippen molar-refractivity contribution < 1.29 is 5.11 Å². The van der Waals surface area contributed by atoms with Gasteiger partial charge in [0.1, 0.15) is 5.82 Å². The van der Waals surface area contributed by atoms with Crippen LogP contribution >= 0.6 is 0 Å². The SMILES string of the molecule is OCc1cnc(N2CC3CCCC3C2)cn1. The highest BCUT2D eigenvalue weighted by Crippen LogP contribution is 2.38. The van der Waals surface area contributed by atoms with Crippen LogP contribution in [-0.2, 0) is 6.61 Å². The van der Waals surface area contributed by atoms with Crippen molar-refractivity contribution in [3.8, 4) is 0 Å². The fraction of sp³-hybridized carbons (Fsp3) is 0.667. The molecule has 1 aliphatic heterocycles. The van der Waals surface area contributed by atoms with E-state index in [1.54, 1.807) is 12.4 Å². The molecule has 2 aliphatic rings. The number of hydrogen-bond donors (Lipinski definition) is 1. The number of hydrogen-bond acceptors (Lipinski definition) is 4. The number of anilines is 1. The zero-order valence-electron chi connectivity index (χ0n) is 9.34. The van der Waals surface area contributed by atoms with E-state index in [9.17, 15) is 0 Å². The predicted octanol–water partition coefficient (Wildman–Crippen LogP) is 1.21. The summed E-state index contributed by atoms with van der Waals surface area (Å²) in [5.74, 6) is 2.71. The van der Waals surface area contributed by atoms with Crippen molar-refractivity contribution in [2.75, 3.05) is 18.0 Å². The quantitative estimate of drug-likeness (QED) is 0.812. The fourth-order valence-electron chi connectivity index (χ4n) is 3.02. The first-order valence-electron chi connectivity index (χ1n) is 6.03. The Morgan fingerprint density at radius 3 is 2.50 bits per heavy atom. The minimum absolute atomic E-state index is 0.0292. The monoisotopic (exact) mass is 219 g/mol. The van der Waals surface area contributed by atoms with E-state index in [4.69, 9.17) is 5.11 Å². The molecule has 0 aromatic carbocycles. The smallest absolute Gasteiger partial charge is 0.147 e. The van der Waals surface area contributed by atoms with E-state index in [0.29, 0.717) is 5.69 Å². The number of aliphatic hydroxyl groups is 1. The van der Waals surface area contributed by atoms with Gasteiger partial charge in [-0.1, -0.05) is 6.42 Å². The summed E-state index contributed by atoms with van der Waals surface area (Å²) in [6.45, 7) is 2.24. The van der Waals surface area contributed by atoms with Gasteiger partial charge in [-0.15, -0.1) is 0 Å². The Morgan fingerprint density at radius 2 is 1.94 bits per heavy atom.